The maximum absolute atomic E-state index is 12.3. The smallest absolute Gasteiger partial charge is 0.473 e. The van der Waals surface area contributed by atoms with Crippen molar-refractivity contribution in [3.63, 3.8) is 0 Å². The monoisotopic (exact) mass is 341 g/mol. The number of hydrogen-bond donors (Lipinski definition) is 0. The van der Waals surface area contributed by atoms with Crippen LogP contribution in [0.2, 0.25) is 0 Å². The first-order valence-electron chi connectivity index (χ1n) is 6.91. The Kier molecular flexibility index (Phi) is 7.26. The van der Waals surface area contributed by atoms with E-state index in [1.54, 1.807) is 6.07 Å². The van der Waals surface area contributed by atoms with Gasteiger partial charge in [-0.15, -0.1) is 0 Å². The van der Waals surface area contributed by atoms with Crippen LogP contribution in [0.15, 0.2) is 54.6 Å². The normalized spacial score (nSPS) is 10.4. The fraction of sp³-hybridized carbons (Fsp3) is 0.235. The molecule has 0 heterocycles. The number of nitrogens with zero attached hydrogens (tertiary/aromatic N) is 1. The Labute approximate surface area is 138 Å². The van der Waals surface area contributed by atoms with Crippen molar-refractivity contribution < 1.29 is 27.5 Å². The molecular formula is C17H18F3NO3. The summed E-state index contributed by atoms with van der Waals surface area (Å²) in [6, 6.07) is 16.0. The number of amides is 1. The third-order valence-electron chi connectivity index (χ3n) is 2.85. The minimum atomic E-state index is -5.02. The van der Waals surface area contributed by atoms with Crippen LogP contribution in [-0.2, 0) is 9.63 Å². The summed E-state index contributed by atoms with van der Waals surface area (Å²) >= 11 is 0. The van der Waals surface area contributed by atoms with Gasteiger partial charge in [0.1, 0.15) is 11.4 Å². The Morgan fingerprint density at radius 2 is 1.50 bits per heavy atom. The molecule has 0 saturated heterocycles. The average molecular weight is 341 g/mol. The second-order valence-corrected chi connectivity index (χ2v) is 4.61. The molecule has 2 aromatic carbocycles. The lowest BCUT2D eigenvalue weighted by atomic mass is 10.2. The highest BCUT2D eigenvalue weighted by atomic mass is 19.4. The molecule has 0 unspecified atom stereocenters. The Balaban J connectivity index is 0.000000341. The number of carbonyl (C=O) groups is 1. The van der Waals surface area contributed by atoms with Gasteiger partial charge in [0.05, 0.1) is 14.2 Å². The minimum absolute atomic E-state index is 0.104. The molecule has 0 radical (unpaired) electrons. The van der Waals surface area contributed by atoms with E-state index in [0.717, 1.165) is 7.11 Å². The van der Waals surface area contributed by atoms with Crippen LogP contribution in [0, 0.1) is 6.92 Å². The molecule has 0 aliphatic carbocycles. The molecule has 0 N–H and O–H groups in total. The molecule has 0 atom stereocenters. The van der Waals surface area contributed by atoms with Crippen LogP contribution in [0.4, 0.5) is 18.9 Å². The maximum Gasteiger partial charge on any atom is 0.473 e. The van der Waals surface area contributed by atoms with Crippen molar-refractivity contribution >= 4 is 11.6 Å². The average Bonchev–Trinajstić information content (AvgIpc) is 2.56. The van der Waals surface area contributed by atoms with Crippen molar-refractivity contribution in [3.05, 3.63) is 60.2 Å². The van der Waals surface area contributed by atoms with Crippen LogP contribution >= 0.6 is 0 Å². The molecule has 2 rings (SSSR count). The Morgan fingerprint density at radius 3 is 1.92 bits per heavy atom. The number of halogens is 3. The Morgan fingerprint density at radius 1 is 0.958 bits per heavy atom. The van der Waals surface area contributed by atoms with Gasteiger partial charge < -0.3 is 4.74 Å². The van der Waals surface area contributed by atoms with Crippen molar-refractivity contribution in [1.82, 2.24) is 0 Å². The van der Waals surface area contributed by atoms with Gasteiger partial charge in [0.2, 0.25) is 0 Å². The zero-order valence-electron chi connectivity index (χ0n) is 13.5. The van der Waals surface area contributed by atoms with Gasteiger partial charge in [0.25, 0.3) is 0 Å². The summed E-state index contributed by atoms with van der Waals surface area (Å²) in [6.07, 6.45) is -5.02. The number of alkyl halides is 3. The first kappa shape index (κ1) is 19.5. The van der Waals surface area contributed by atoms with Gasteiger partial charge in [-0.1, -0.05) is 48.0 Å². The molecule has 4 nitrogen and oxygen atoms in total. The van der Waals surface area contributed by atoms with Crippen LogP contribution in [-0.4, -0.2) is 26.3 Å². The molecule has 0 aliphatic rings. The standard InChI is InChI=1S/C10H10F3NO3.C7H8/c1-16-8-6-4-3-5-7(8)14(17-2)9(15)10(11,12)13;1-7-5-3-2-4-6-7/h3-6H,1-2H3;2-6H,1H3. The first-order valence-corrected chi connectivity index (χ1v) is 6.91. The highest BCUT2D eigenvalue weighted by Gasteiger charge is 2.44. The predicted octanol–water partition coefficient (Wildman–Crippen LogP) is 4.15. The SMILES string of the molecule is COc1ccccc1N(OC)C(=O)C(F)(F)F.Cc1ccccc1. The number of methoxy groups -OCH3 is 1. The largest absolute Gasteiger partial charge is 0.494 e. The summed E-state index contributed by atoms with van der Waals surface area (Å²) in [4.78, 5) is 15.5. The predicted molar refractivity (Wildman–Crippen MR) is 84.7 cm³/mol. The number of benzene rings is 2. The maximum atomic E-state index is 12.3. The van der Waals surface area contributed by atoms with Crippen LogP contribution in [0.1, 0.15) is 5.56 Å². The molecule has 24 heavy (non-hydrogen) atoms. The van der Waals surface area contributed by atoms with Crippen LogP contribution in [0.5, 0.6) is 5.75 Å². The molecule has 2 aromatic rings. The van der Waals surface area contributed by atoms with Crippen LogP contribution in [0.25, 0.3) is 0 Å². The van der Waals surface area contributed by atoms with Crippen LogP contribution in [0.3, 0.4) is 0 Å². The van der Waals surface area contributed by atoms with Crippen LogP contribution < -0.4 is 9.80 Å². The lowest BCUT2D eigenvalue weighted by molar-refractivity contribution is -0.177. The molecule has 0 aliphatic heterocycles. The highest BCUT2D eigenvalue weighted by Crippen LogP contribution is 2.31. The summed E-state index contributed by atoms with van der Waals surface area (Å²) < 4.78 is 41.7. The second kappa shape index (κ2) is 8.93. The third-order valence-corrected chi connectivity index (χ3v) is 2.85. The number of para-hydroxylation sites is 2. The minimum Gasteiger partial charge on any atom is -0.494 e. The summed E-state index contributed by atoms with van der Waals surface area (Å²) in [5, 5.41) is 0.138. The summed E-state index contributed by atoms with van der Waals surface area (Å²) in [7, 11) is 2.25. The van der Waals surface area contributed by atoms with E-state index in [1.165, 1.54) is 30.9 Å². The molecular weight excluding hydrogens is 323 g/mol. The number of hydrogen-bond acceptors (Lipinski definition) is 3. The Hall–Kier alpha value is -2.54. The van der Waals surface area contributed by atoms with Crippen molar-refractivity contribution in [2.45, 2.75) is 13.1 Å². The molecule has 7 heteroatoms. The lowest BCUT2D eigenvalue weighted by Crippen LogP contribution is -2.40. The zero-order valence-corrected chi connectivity index (χ0v) is 13.5. The first-order chi connectivity index (χ1) is 11.3. The van der Waals surface area contributed by atoms with Gasteiger partial charge in [-0.25, -0.2) is 0 Å². The van der Waals surface area contributed by atoms with Crippen molar-refractivity contribution in [1.29, 1.82) is 0 Å². The number of rotatable bonds is 3. The van der Waals surface area contributed by atoms with Crippen molar-refractivity contribution in [2.75, 3.05) is 19.3 Å². The van der Waals surface area contributed by atoms with Gasteiger partial charge >= 0.3 is 12.1 Å². The van der Waals surface area contributed by atoms with Gasteiger partial charge in [-0.3, -0.25) is 9.63 Å². The highest BCUT2D eigenvalue weighted by molar-refractivity contribution is 5.96. The Bertz CT molecular complexity index is 645. The van der Waals surface area contributed by atoms with E-state index in [0.29, 0.717) is 0 Å². The molecule has 0 bridgehead atoms. The van der Waals surface area contributed by atoms with E-state index in [1.807, 2.05) is 18.2 Å². The van der Waals surface area contributed by atoms with Crippen molar-refractivity contribution in [3.8, 4) is 5.75 Å². The van der Waals surface area contributed by atoms with Gasteiger partial charge in [0.15, 0.2) is 0 Å². The van der Waals surface area contributed by atoms with E-state index in [-0.39, 0.29) is 16.5 Å². The number of hydroxylamine groups is 1. The fourth-order valence-corrected chi connectivity index (χ4v) is 1.74. The quantitative estimate of drug-likeness (QED) is 0.788. The second-order valence-electron chi connectivity index (χ2n) is 4.61. The fourth-order valence-electron chi connectivity index (χ4n) is 1.74. The third kappa shape index (κ3) is 5.58. The topological polar surface area (TPSA) is 38.8 Å². The zero-order chi connectivity index (χ0) is 18.2. The van der Waals surface area contributed by atoms with Gasteiger partial charge in [0, 0.05) is 0 Å². The molecule has 0 aromatic heterocycles. The molecule has 1 amide bonds. The summed E-state index contributed by atoms with van der Waals surface area (Å²) in [5.41, 5.74) is 1.21. The number of anilines is 1. The van der Waals surface area contributed by atoms with E-state index < -0.39 is 12.1 Å². The van der Waals surface area contributed by atoms with E-state index in [2.05, 4.69) is 23.9 Å². The van der Waals surface area contributed by atoms with Gasteiger partial charge in [-0.05, 0) is 19.1 Å². The van der Waals surface area contributed by atoms with E-state index in [9.17, 15) is 18.0 Å². The molecule has 0 fully saturated rings. The van der Waals surface area contributed by atoms with E-state index in [4.69, 9.17) is 4.74 Å². The molecule has 0 saturated carbocycles. The number of carbonyl (C=O) groups excluding carboxylic acids is 1. The summed E-state index contributed by atoms with van der Waals surface area (Å²) in [5.74, 6) is -2.02. The summed E-state index contributed by atoms with van der Waals surface area (Å²) in [6.45, 7) is 2.08. The number of aryl methyl sites for hydroxylation is 1. The van der Waals surface area contributed by atoms with Crippen molar-refractivity contribution in [2.24, 2.45) is 0 Å². The van der Waals surface area contributed by atoms with Gasteiger partial charge in [-0.2, -0.15) is 18.2 Å². The number of ether oxygens (including phenoxy) is 1. The van der Waals surface area contributed by atoms with E-state index >= 15 is 0 Å². The molecule has 130 valence electrons. The molecule has 0 spiro atoms. The lowest BCUT2D eigenvalue weighted by Gasteiger charge is -2.22.